The van der Waals surface area contributed by atoms with Crippen LogP contribution in [0.4, 0.5) is 0 Å². The number of nitrogens with zero attached hydrogens (tertiary/aromatic N) is 2. The smallest absolute Gasteiger partial charge is 0.257 e. The van der Waals surface area contributed by atoms with Crippen LogP contribution in [-0.4, -0.2) is 66.2 Å². The molecule has 2 heterocycles. The maximum Gasteiger partial charge on any atom is 0.257 e. The number of likely N-dealkylation sites (tertiary alicyclic amines) is 2. The van der Waals surface area contributed by atoms with Gasteiger partial charge in [-0.15, -0.1) is 0 Å². The Morgan fingerprint density at radius 1 is 1.19 bits per heavy atom. The summed E-state index contributed by atoms with van der Waals surface area (Å²) in [6.07, 6.45) is 3.97. The van der Waals surface area contributed by atoms with Crippen molar-refractivity contribution in [3.05, 3.63) is 28.8 Å². The summed E-state index contributed by atoms with van der Waals surface area (Å²) in [5.41, 5.74) is 0.523. The Kier molecular flexibility index (Phi) is 5.13. The van der Waals surface area contributed by atoms with Crippen molar-refractivity contribution in [1.82, 2.24) is 9.80 Å². The minimum Gasteiger partial charge on any atom is -0.496 e. The Labute approximate surface area is 159 Å². The molecule has 0 bridgehead atoms. The summed E-state index contributed by atoms with van der Waals surface area (Å²) in [6.45, 7) is 3.67. The predicted octanol–water partition coefficient (Wildman–Crippen LogP) is 2.66. The second-order valence-corrected chi connectivity index (χ2v) is 8.36. The molecule has 0 radical (unpaired) electrons. The summed E-state index contributed by atoms with van der Waals surface area (Å²) >= 11 is 6.09. The highest BCUT2D eigenvalue weighted by Gasteiger charge is 2.45. The van der Waals surface area contributed by atoms with Crippen molar-refractivity contribution in [3.63, 3.8) is 0 Å². The van der Waals surface area contributed by atoms with E-state index in [-0.39, 0.29) is 18.1 Å². The Bertz CT molecular complexity index is 677. The van der Waals surface area contributed by atoms with Gasteiger partial charge in [-0.25, -0.2) is 0 Å². The zero-order valence-electron chi connectivity index (χ0n) is 15.2. The zero-order chi connectivity index (χ0) is 18.3. The average Bonchev–Trinajstić information content (AvgIpc) is 3.29. The van der Waals surface area contributed by atoms with Crippen molar-refractivity contribution in [1.29, 1.82) is 0 Å². The summed E-state index contributed by atoms with van der Waals surface area (Å²) in [5.74, 6) is 1.39. The van der Waals surface area contributed by atoms with Gasteiger partial charge in [0.15, 0.2) is 0 Å². The predicted molar refractivity (Wildman–Crippen MR) is 101 cm³/mol. The van der Waals surface area contributed by atoms with Crippen molar-refractivity contribution < 1.29 is 14.6 Å². The first-order chi connectivity index (χ1) is 12.6. The molecule has 2 saturated heterocycles. The molecule has 1 aliphatic carbocycles. The van der Waals surface area contributed by atoms with E-state index in [9.17, 15) is 9.90 Å². The fourth-order valence-electron chi connectivity index (χ4n) is 5.06. The lowest BCUT2D eigenvalue weighted by molar-refractivity contribution is -0.000865. The maximum atomic E-state index is 13.1. The topological polar surface area (TPSA) is 53.0 Å². The van der Waals surface area contributed by atoms with Crippen LogP contribution >= 0.6 is 11.6 Å². The number of hydrogen-bond acceptors (Lipinski definition) is 4. The Morgan fingerprint density at radius 3 is 2.58 bits per heavy atom. The van der Waals surface area contributed by atoms with Gasteiger partial charge in [0.05, 0.1) is 18.8 Å². The third-order valence-electron chi connectivity index (χ3n) is 6.40. The number of ether oxygens (including phenoxy) is 1. The zero-order valence-corrected chi connectivity index (χ0v) is 16.0. The SMILES string of the molecule is COc1ccc(Cl)cc1C(=O)N1C[C@H]2C[C@@H](N3CCCC3)[C@H](O)C[C@H]2C1. The van der Waals surface area contributed by atoms with E-state index >= 15 is 0 Å². The molecule has 4 atom stereocenters. The fourth-order valence-corrected chi connectivity index (χ4v) is 5.23. The Balaban J connectivity index is 1.48. The largest absolute Gasteiger partial charge is 0.496 e. The van der Waals surface area contributed by atoms with Crippen molar-refractivity contribution in [2.75, 3.05) is 33.3 Å². The molecule has 0 aromatic heterocycles. The number of fused-ring (bicyclic) bond motifs is 1. The first kappa shape index (κ1) is 18.1. The molecule has 1 aromatic rings. The normalized spacial score (nSPS) is 31.9. The van der Waals surface area contributed by atoms with Crippen LogP contribution in [0.25, 0.3) is 0 Å². The van der Waals surface area contributed by atoms with Crippen LogP contribution in [-0.2, 0) is 0 Å². The second kappa shape index (κ2) is 7.37. The van der Waals surface area contributed by atoms with E-state index in [2.05, 4.69) is 4.90 Å². The molecule has 26 heavy (non-hydrogen) atoms. The standard InChI is InChI=1S/C20H27ClN2O3/c1-26-19-5-4-15(21)10-16(19)20(25)23-11-13-8-17(22-6-2-3-7-22)18(24)9-14(13)12-23/h4-5,10,13-14,17-18,24H,2-3,6-9,11-12H2,1H3/t13-,14+,17-,18-/m1/s1. The van der Waals surface area contributed by atoms with Gasteiger partial charge in [0.1, 0.15) is 5.75 Å². The highest BCUT2D eigenvalue weighted by atomic mass is 35.5. The number of aliphatic hydroxyl groups excluding tert-OH is 1. The summed E-state index contributed by atoms with van der Waals surface area (Å²) in [5, 5.41) is 11.2. The third kappa shape index (κ3) is 3.32. The number of methoxy groups -OCH3 is 1. The van der Waals surface area contributed by atoms with Gasteiger partial charge in [0.2, 0.25) is 0 Å². The molecule has 0 unspecified atom stereocenters. The number of halogens is 1. The lowest BCUT2D eigenvalue weighted by Crippen LogP contribution is -2.48. The highest BCUT2D eigenvalue weighted by Crippen LogP contribution is 2.40. The monoisotopic (exact) mass is 378 g/mol. The van der Waals surface area contributed by atoms with Crippen LogP contribution < -0.4 is 4.74 Å². The van der Waals surface area contributed by atoms with Gasteiger partial charge in [0, 0.05) is 24.2 Å². The minimum absolute atomic E-state index is 0.0223. The van der Waals surface area contributed by atoms with E-state index in [1.165, 1.54) is 12.8 Å². The van der Waals surface area contributed by atoms with Gasteiger partial charge in [-0.1, -0.05) is 11.6 Å². The fraction of sp³-hybridized carbons (Fsp3) is 0.650. The molecule has 2 aliphatic heterocycles. The average molecular weight is 379 g/mol. The van der Waals surface area contributed by atoms with E-state index in [4.69, 9.17) is 16.3 Å². The van der Waals surface area contributed by atoms with E-state index in [1.54, 1.807) is 25.3 Å². The molecule has 4 rings (SSSR count). The van der Waals surface area contributed by atoms with Gasteiger partial charge >= 0.3 is 0 Å². The summed E-state index contributed by atoms with van der Waals surface area (Å²) in [4.78, 5) is 17.4. The molecule has 5 nitrogen and oxygen atoms in total. The Hall–Kier alpha value is -1.30. The van der Waals surface area contributed by atoms with E-state index in [1.807, 2.05) is 4.90 Å². The lowest BCUT2D eigenvalue weighted by atomic mass is 9.77. The van der Waals surface area contributed by atoms with Gasteiger partial charge < -0.3 is 14.7 Å². The maximum absolute atomic E-state index is 13.1. The quantitative estimate of drug-likeness (QED) is 0.878. The molecule has 1 amide bonds. The van der Waals surface area contributed by atoms with E-state index < -0.39 is 0 Å². The minimum atomic E-state index is -0.273. The van der Waals surface area contributed by atoms with Crippen molar-refractivity contribution >= 4 is 17.5 Å². The first-order valence-corrected chi connectivity index (χ1v) is 9.99. The molecule has 3 fully saturated rings. The van der Waals surface area contributed by atoms with Crippen LogP contribution in [0.3, 0.4) is 0 Å². The van der Waals surface area contributed by atoms with Crippen molar-refractivity contribution in [3.8, 4) is 5.75 Å². The van der Waals surface area contributed by atoms with E-state index in [0.717, 1.165) is 32.5 Å². The number of carbonyl (C=O) groups is 1. The summed E-state index contributed by atoms with van der Waals surface area (Å²) in [7, 11) is 1.57. The second-order valence-electron chi connectivity index (χ2n) is 7.92. The molecule has 1 N–H and O–H groups in total. The van der Waals surface area contributed by atoms with Gasteiger partial charge in [0.25, 0.3) is 5.91 Å². The molecule has 142 valence electrons. The molecule has 3 aliphatic rings. The number of hydrogen-bond donors (Lipinski definition) is 1. The molecule has 1 aromatic carbocycles. The number of benzene rings is 1. The van der Waals surface area contributed by atoms with Gasteiger partial charge in [-0.3, -0.25) is 9.69 Å². The van der Waals surface area contributed by atoms with Gasteiger partial charge in [-0.05, 0) is 68.8 Å². The van der Waals surface area contributed by atoms with Crippen LogP contribution in [0.1, 0.15) is 36.0 Å². The summed E-state index contributed by atoms with van der Waals surface area (Å²) < 4.78 is 5.35. The van der Waals surface area contributed by atoms with Crippen LogP contribution in [0.5, 0.6) is 5.75 Å². The molecule has 1 saturated carbocycles. The van der Waals surface area contributed by atoms with Crippen LogP contribution in [0, 0.1) is 11.8 Å². The molecular formula is C20H27ClN2O3. The molecular weight excluding hydrogens is 352 g/mol. The molecule has 0 spiro atoms. The van der Waals surface area contributed by atoms with Gasteiger partial charge in [-0.2, -0.15) is 0 Å². The first-order valence-electron chi connectivity index (χ1n) is 9.61. The number of rotatable bonds is 3. The third-order valence-corrected chi connectivity index (χ3v) is 6.63. The van der Waals surface area contributed by atoms with Crippen LogP contribution in [0.2, 0.25) is 5.02 Å². The van der Waals surface area contributed by atoms with Crippen molar-refractivity contribution in [2.24, 2.45) is 11.8 Å². The van der Waals surface area contributed by atoms with E-state index in [0.29, 0.717) is 34.7 Å². The number of amides is 1. The molecule has 6 heteroatoms. The summed E-state index contributed by atoms with van der Waals surface area (Å²) in [6, 6.07) is 5.42. The number of aliphatic hydroxyl groups is 1. The number of carbonyl (C=O) groups excluding carboxylic acids is 1. The lowest BCUT2D eigenvalue weighted by Gasteiger charge is -2.40. The van der Waals surface area contributed by atoms with Crippen LogP contribution in [0.15, 0.2) is 18.2 Å². The van der Waals surface area contributed by atoms with Crippen molar-refractivity contribution in [2.45, 2.75) is 37.8 Å². The highest BCUT2D eigenvalue weighted by molar-refractivity contribution is 6.31. The Morgan fingerprint density at radius 2 is 1.88 bits per heavy atom.